The third-order valence-corrected chi connectivity index (χ3v) is 3.45. The zero-order valence-corrected chi connectivity index (χ0v) is 12.6. The van der Waals surface area contributed by atoms with Gasteiger partial charge in [0.15, 0.2) is 5.65 Å². The molecule has 3 aromatic rings. The second-order valence-corrected chi connectivity index (χ2v) is 5.22. The molecule has 0 aliphatic rings. The predicted molar refractivity (Wildman–Crippen MR) is 86.0 cm³/mol. The van der Waals surface area contributed by atoms with Crippen LogP contribution in [-0.2, 0) is 0 Å². The number of hydrogen-bond acceptors (Lipinski definition) is 4. The highest BCUT2D eigenvalue weighted by Crippen LogP contribution is 2.13. The van der Waals surface area contributed by atoms with E-state index < -0.39 is 11.2 Å². The van der Waals surface area contributed by atoms with Gasteiger partial charge in [0.1, 0.15) is 0 Å². The largest absolute Gasteiger partial charge is 0.345 e. The van der Waals surface area contributed by atoms with Gasteiger partial charge < -0.3 is 4.90 Å². The number of aromatic nitrogens is 3. The molecule has 3 rings (SSSR count). The highest BCUT2D eigenvalue weighted by atomic mass is 16.2. The Morgan fingerprint density at radius 2 is 1.83 bits per heavy atom. The summed E-state index contributed by atoms with van der Waals surface area (Å²) >= 11 is 0. The van der Waals surface area contributed by atoms with Crippen LogP contribution >= 0.6 is 0 Å². The van der Waals surface area contributed by atoms with Gasteiger partial charge >= 0.3 is 5.69 Å². The van der Waals surface area contributed by atoms with E-state index in [2.05, 4.69) is 9.97 Å². The molecule has 1 amide bonds. The smallest absolute Gasteiger partial charge is 0.334 e. The summed E-state index contributed by atoms with van der Waals surface area (Å²) in [7, 11) is 3.33. The van der Waals surface area contributed by atoms with Crippen molar-refractivity contribution in [3.63, 3.8) is 0 Å². The molecular formula is C16H14N4O3. The molecule has 0 unspecified atom stereocenters. The predicted octanol–water partition coefficient (Wildman–Crippen LogP) is 0.776. The normalized spacial score (nSPS) is 10.7. The topological polar surface area (TPSA) is 88.1 Å². The van der Waals surface area contributed by atoms with Crippen LogP contribution in [0.2, 0.25) is 0 Å². The van der Waals surface area contributed by atoms with Crippen LogP contribution in [0.15, 0.2) is 52.2 Å². The molecule has 0 saturated carbocycles. The van der Waals surface area contributed by atoms with Gasteiger partial charge in [-0.3, -0.25) is 14.6 Å². The third kappa shape index (κ3) is 2.52. The van der Waals surface area contributed by atoms with E-state index >= 15 is 0 Å². The molecule has 0 radical (unpaired) electrons. The van der Waals surface area contributed by atoms with Crippen LogP contribution in [0.25, 0.3) is 16.7 Å². The Bertz CT molecular complexity index is 1000. The summed E-state index contributed by atoms with van der Waals surface area (Å²) in [4.78, 5) is 43.8. The monoisotopic (exact) mass is 310 g/mol. The number of fused-ring (bicyclic) bond motifs is 1. The van der Waals surface area contributed by atoms with Crippen LogP contribution in [-0.4, -0.2) is 39.4 Å². The van der Waals surface area contributed by atoms with Crippen LogP contribution in [0.5, 0.6) is 0 Å². The fourth-order valence-electron chi connectivity index (χ4n) is 2.32. The number of amides is 1. The minimum absolute atomic E-state index is 0.131. The van der Waals surface area contributed by atoms with Gasteiger partial charge in [0, 0.05) is 25.9 Å². The van der Waals surface area contributed by atoms with Crippen LogP contribution in [0.4, 0.5) is 0 Å². The molecule has 0 aliphatic carbocycles. The molecule has 0 atom stereocenters. The number of nitrogens with zero attached hydrogens (tertiary/aromatic N) is 3. The number of H-pyrrole nitrogens is 1. The molecule has 0 saturated heterocycles. The van der Waals surface area contributed by atoms with Gasteiger partial charge in [0.2, 0.25) is 0 Å². The maximum absolute atomic E-state index is 12.2. The molecule has 7 heteroatoms. The lowest BCUT2D eigenvalue weighted by molar-refractivity contribution is 0.0827. The average Bonchev–Trinajstić information content (AvgIpc) is 2.55. The second kappa shape index (κ2) is 5.53. The first-order chi connectivity index (χ1) is 11.0. The fourth-order valence-corrected chi connectivity index (χ4v) is 2.32. The Kier molecular flexibility index (Phi) is 3.53. The van der Waals surface area contributed by atoms with E-state index in [-0.39, 0.29) is 11.6 Å². The highest BCUT2D eigenvalue weighted by Gasteiger charge is 2.12. The lowest BCUT2D eigenvalue weighted by atomic mass is 10.2. The van der Waals surface area contributed by atoms with Crippen molar-refractivity contribution in [2.24, 2.45) is 0 Å². The number of carbonyl (C=O) groups is 1. The Hall–Kier alpha value is -3.22. The molecule has 23 heavy (non-hydrogen) atoms. The highest BCUT2D eigenvalue weighted by molar-refractivity contribution is 5.94. The van der Waals surface area contributed by atoms with Gasteiger partial charge in [-0.25, -0.2) is 14.3 Å². The first-order valence-electron chi connectivity index (χ1n) is 6.91. The maximum atomic E-state index is 12.2. The molecule has 7 nitrogen and oxygen atoms in total. The molecule has 0 bridgehead atoms. The van der Waals surface area contributed by atoms with Crippen LogP contribution in [0.1, 0.15) is 10.4 Å². The Balaban J connectivity index is 2.20. The summed E-state index contributed by atoms with van der Waals surface area (Å²) in [6, 6.07) is 9.77. The van der Waals surface area contributed by atoms with Crippen LogP contribution in [0.3, 0.4) is 0 Å². The van der Waals surface area contributed by atoms with Crippen molar-refractivity contribution in [3.8, 4) is 5.69 Å². The summed E-state index contributed by atoms with van der Waals surface area (Å²) in [5.74, 6) is -0.131. The summed E-state index contributed by atoms with van der Waals surface area (Å²) in [6.07, 6.45) is 1.52. The van der Waals surface area contributed by atoms with Crippen molar-refractivity contribution in [1.29, 1.82) is 0 Å². The third-order valence-electron chi connectivity index (χ3n) is 3.45. The molecule has 1 N–H and O–H groups in total. The van der Waals surface area contributed by atoms with E-state index in [1.165, 1.54) is 15.7 Å². The van der Waals surface area contributed by atoms with E-state index in [4.69, 9.17) is 0 Å². The molecule has 0 aliphatic heterocycles. The van der Waals surface area contributed by atoms with Crippen molar-refractivity contribution in [3.05, 3.63) is 69.0 Å². The van der Waals surface area contributed by atoms with Crippen LogP contribution < -0.4 is 11.2 Å². The minimum Gasteiger partial charge on any atom is -0.345 e. The van der Waals surface area contributed by atoms with Gasteiger partial charge in [0.25, 0.3) is 11.5 Å². The second-order valence-electron chi connectivity index (χ2n) is 5.22. The van der Waals surface area contributed by atoms with Gasteiger partial charge in [-0.05, 0) is 36.4 Å². The molecule has 2 aromatic heterocycles. The zero-order valence-electron chi connectivity index (χ0n) is 12.6. The van der Waals surface area contributed by atoms with Gasteiger partial charge in [0.05, 0.1) is 11.1 Å². The number of rotatable bonds is 2. The minimum atomic E-state index is -0.576. The number of nitrogens with one attached hydrogen (secondary N) is 1. The molecular weight excluding hydrogens is 296 g/mol. The lowest BCUT2D eigenvalue weighted by Crippen LogP contribution is -2.29. The molecule has 116 valence electrons. The number of pyridine rings is 1. The standard InChI is InChI=1S/C16H14N4O3/c1-19(2)15(22)10-5-7-11(8-6-10)20-13-12(4-3-9-17-13)14(21)18-16(20)23/h3-9H,1-2H3,(H,18,21,23). The SMILES string of the molecule is CN(C)C(=O)c1ccc(-n2c(=O)[nH]c(=O)c3cccnc32)cc1. The van der Waals surface area contributed by atoms with E-state index in [0.717, 1.165) is 0 Å². The number of carbonyl (C=O) groups excluding carboxylic acids is 1. The Morgan fingerprint density at radius 3 is 2.48 bits per heavy atom. The first-order valence-corrected chi connectivity index (χ1v) is 6.91. The molecule has 1 aromatic carbocycles. The Labute approximate surface area is 130 Å². The average molecular weight is 310 g/mol. The van der Waals surface area contributed by atoms with Crippen molar-refractivity contribution in [1.82, 2.24) is 19.4 Å². The first kappa shape index (κ1) is 14.7. The fraction of sp³-hybridized carbons (Fsp3) is 0.125. The van der Waals surface area contributed by atoms with Crippen molar-refractivity contribution in [2.45, 2.75) is 0 Å². The maximum Gasteiger partial charge on any atom is 0.334 e. The Morgan fingerprint density at radius 1 is 1.13 bits per heavy atom. The van der Waals surface area contributed by atoms with E-state index in [1.807, 2.05) is 0 Å². The van der Waals surface area contributed by atoms with E-state index in [0.29, 0.717) is 16.6 Å². The van der Waals surface area contributed by atoms with Gasteiger partial charge in [-0.2, -0.15) is 0 Å². The molecule has 2 heterocycles. The van der Waals surface area contributed by atoms with Crippen LogP contribution in [0, 0.1) is 0 Å². The molecule has 0 spiro atoms. The summed E-state index contributed by atoms with van der Waals surface area (Å²) in [5.41, 5.74) is 0.244. The summed E-state index contributed by atoms with van der Waals surface area (Å²) in [5, 5.41) is 0.320. The summed E-state index contributed by atoms with van der Waals surface area (Å²) < 4.78 is 1.31. The molecule has 0 fully saturated rings. The zero-order chi connectivity index (χ0) is 16.6. The quantitative estimate of drug-likeness (QED) is 0.757. The number of benzene rings is 1. The van der Waals surface area contributed by atoms with Crippen molar-refractivity contribution >= 4 is 16.9 Å². The number of aromatic amines is 1. The number of hydrogen-bond donors (Lipinski definition) is 1. The summed E-state index contributed by atoms with van der Waals surface area (Å²) in [6.45, 7) is 0. The van der Waals surface area contributed by atoms with Crippen molar-refractivity contribution < 1.29 is 4.79 Å². The lowest BCUT2D eigenvalue weighted by Gasteiger charge is -2.12. The van der Waals surface area contributed by atoms with E-state index in [1.54, 1.807) is 50.5 Å². The van der Waals surface area contributed by atoms with Crippen molar-refractivity contribution in [2.75, 3.05) is 14.1 Å². The van der Waals surface area contributed by atoms with E-state index in [9.17, 15) is 14.4 Å². The van der Waals surface area contributed by atoms with Gasteiger partial charge in [-0.15, -0.1) is 0 Å². The van der Waals surface area contributed by atoms with Gasteiger partial charge in [-0.1, -0.05) is 0 Å².